The number of rotatable bonds is 5. The maximum absolute atomic E-state index is 13.1. The zero-order chi connectivity index (χ0) is 13.8. The van der Waals surface area contributed by atoms with Crippen LogP contribution < -0.4 is 5.32 Å². The first-order valence-corrected chi connectivity index (χ1v) is 6.23. The van der Waals surface area contributed by atoms with Crippen LogP contribution in [0.25, 0.3) is 0 Å². The normalized spacial score (nSPS) is 11.2. The molecule has 5 heteroatoms. The van der Waals surface area contributed by atoms with Gasteiger partial charge in [0.25, 0.3) is 0 Å². The Morgan fingerprint density at radius 1 is 1.21 bits per heavy atom. The van der Waals surface area contributed by atoms with E-state index in [0.717, 1.165) is 11.9 Å². The first-order chi connectivity index (χ1) is 9.04. The van der Waals surface area contributed by atoms with Gasteiger partial charge in [0.2, 0.25) is 0 Å². The Morgan fingerprint density at radius 3 is 2.53 bits per heavy atom. The van der Waals surface area contributed by atoms with Crippen molar-refractivity contribution in [1.29, 1.82) is 0 Å². The van der Waals surface area contributed by atoms with Crippen LogP contribution in [0.5, 0.6) is 0 Å². The summed E-state index contributed by atoms with van der Waals surface area (Å²) in [5, 5.41) is 3.27. The van der Waals surface area contributed by atoms with Crippen LogP contribution >= 0.6 is 0 Å². The van der Waals surface area contributed by atoms with Gasteiger partial charge in [-0.15, -0.1) is 0 Å². The van der Waals surface area contributed by atoms with E-state index < -0.39 is 11.6 Å². The fourth-order valence-corrected chi connectivity index (χ4v) is 1.85. The highest BCUT2D eigenvalue weighted by Gasteiger charge is 2.06. The molecule has 0 saturated heterocycles. The zero-order valence-electron chi connectivity index (χ0n) is 11.0. The molecule has 0 spiro atoms. The minimum Gasteiger partial charge on any atom is -0.329 e. The molecule has 1 N–H and O–H groups in total. The maximum atomic E-state index is 13.1. The van der Waals surface area contributed by atoms with Gasteiger partial charge in [-0.25, -0.2) is 13.8 Å². The van der Waals surface area contributed by atoms with Crippen LogP contribution in [-0.2, 0) is 13.1 Å². The van der Waals surface area contributed by atoms with Crippen LogP contribution in [0.15, 0.2) is 30.6 Å². The molecule has 1 heterocycles. The molecule has 2 aromatic rings. The molecule has 0 saturated carbocycles. The fraction of sp³-hybridized carbons (Fsp3) is 0.357. The minimum atomic E-state index is -0.558. The van der Waals surface area contributed by atoms with Crippen LogP contribution in [0.3, 0.4) is 0 Å². The van der Waals surface area contributed by atoms with Crippen LogP contribution in [-0.4, -0.2) is 15.6 Å². The van der Waals surface area contributed by atoms with E-state index in [1.54, 1.807) is 12.4 Å². The summed E-state index contributed by atoms with van der Waals surface area (Å²) < 4.78 is 28.1. The molecule has 19 heavy (non-hydrogen) atoms. The highest BCUT2D eigenvalue weighted by Crippen LogP contribution is 2.11. The molecule has 102 valence electrons. The minimum absolute atomic E-state index is 0.358. The summed E-state index contributed by atoms with van der Waals surface area (Å²) in [6, 6.07) is 3.90. The Bertz CT molecular complexity index is 529. The van der Waals surface area contributed by atoms with E-state index in [0.29, 0.717) is 24.7 Å². The lowest BCUT2D eigenvalue weighted by molar-refractivity contribution is 0.551. The molecule has 2 rings (SSSR count). The van der Waals surface area contributed by atoms with Gasteiger partial charge < -0.3 is 9.88 Å². The lowest BCUT2D eigenvalue weighted by Gasteiger charge is -2.11. The van der Waals surface area contributed by atoms with Crippen molar-refractivity contribution in [2.45, 2.75) is 33.0 Å². The third-order valence-corrected chi connectivity index (χ3v) is 2.75. The summed E-state index contributed by atoms with van der Waals surface area (Å²) in [5.41, 5.74) is 0.585. The summed E-state index contributed by atoms with van der Waals surface area (Å²) in [5.74, 6) is -0.271. The van der Waals surface area contributed by atoms with E-state index in [-0.39, 0.29) is 0 Å². The summed E-state index contributed by atoms with van der Waals surface area (Å²) in [6.45, 7) is 5.14. The van der Waals surface area contributed by atoms with Crippen LogP contribution in [0.2, 0.25) is 0 Å². The van der Waals surface area contributed by atoms with Gasteiger partial charge in [0.1, 0.15) is 17.5 Å². The Kier molecular flexibility index (Phi) is 4.27. The van der Waals surface area contributed by atoms with Crippen molar-refractivity contribution in [2.24, 2.45) is 0 Å². The monoisotopic (exact) mass is 265 g/mol. The summed E-state index contributed by atoms with van der Waals surface area (Å²) in [6.07, 6.45) is 3.49. The molecule has 1 aromatic carbocycles. The molecule has 0 fully saturated rings. The van der Waals surface area contributed by atoms with Crippen molar-refractivity contribution < 1.29 is 8.78 Å². The Labute approximate surface area is 111 Å². The lowest BCUT2D eigenvalue weighted by atomic mass is 10.2. The van der Waals surface area contributed by atoms with Crippen molar-refractivity contribution in [3.8, 4) is 0 Å². The van der Waals surface area contributed by atoms with Gasteiger partial charge in [-0.3, -0.25) is 0 Å². The number of imidazole rings is 1. The van der Waals surface area contributed by atoms with Crippen molar-refractivity contribution in [3.63, 3.8) is 0 Å². The molecule has 0 aliphatic rings. The fourth-order valence-electron chi connectivity index (χ4n) is 1.85. The molecule has 0 aliphatic carbocycles. The highest BCUT2D eigenvalue weighted by atomic mass is 19.1. The third-order valence-electron chi connectivity index (χ3n) is 2.75. The van der Waals surface area contributed by atoms with Crippen LogP contribution in [0.1, 0.15) is 25.2 Å². The van der Waals surface area contributed by atoms with E-state index in [2.05, 4.69) is 24.1 Å². The maximum Gasteiger partial charge on any atom is 0.126 e. The van der Waals surface area contributed by atoms with Crippen molar-refractivity contribution in [2.75, 3.05) is 0 Å². The molecule has 3 nitrogen and oxygen atoms in total. The molecule has 1 aromatic heterocycles. The van der Waals surface area contributed by atoms with E-state index in [9.17, 15) is 8.78 Å². The smallest absolute Gasteiger partial charge is 0.126 e. The van der Waals surface area contributed by atoms with Gasteiger partial charge >= 0.3 is 0 Å². The number of nitrogens with zero attached hydrogens (tertiary/aromatic N) is 2. The summed E-state index contributed by atoms with van der Waals surface area (Å²) in [4.78, 5) is 4.24. The standard InChI is InChI=1S/C14H17F2N3/c1-10(2)18-8-14-17-3-4-19(14)9-11-5-12(15)7-13(16)6-11/h3-7,10,18H,8-9H2,1-2H3. The van der Waals surface area contributed by atoms with Crippen molar-refractivity contribution >= 4 is 0 Å². The SMILES string of the molecule is CC(C)NCc1nccn1Cc1cc(F)cc(F)c1. The number of hydrogen-bond donors (Lipinski definition) is 1. The second-order valence-corrected chi connectivity index (χ2v) is 4.78. The first kappa shape index (κ1) is 13.7. The number of hydrogen-bond acceptors (Lipinski definition) is 2. The third kappa shape index (κ3) is 3.86. The van der Waals surface area contributed by atoms with Gasteiger partial charge in [-0.05, 0) is 17.7 Å². The van der Waals surface area contributed by atoms with Crippen molar-refractivity contribution in [1.82, 2.24) is 14.9 Å². The largest absolute Gasteiger partial charge is 0.329 e. The van der Waals surface area contributed by atoms with E-state index in [1.165, 1.54) is 12.1 Å². The molecule has 0 atom stereocenters. The molecule has 0 bridgehead atoms. The average molecular weight is 265 g/mol. The van der Waals surface area contributed by atoms with Gasteiger partial charge in [0.15, 0.2) is 0 Å². The lowest BCUT2D eigenvalue weighted by Crippen LogP contribution is -2.24. The number of aromatic nitrogens is 2. The van der Waals surface area contributed by atoms with Crippen LogP contribution in [0.4, 0.5) is 8.78 Å². The topological polar surface area (TPSA) is 29.9 Å². The molecular weight excluding hydrogens is 248 g/mol. The Hall–Kier alpha value is -1.75. The highest BCUT2D eigenvalue weighted by molar-refractivity contribution is 5.18. The Morgan fingerprint density at radius 2 is 1.89 bits per heavy atom. The number of halogens is 2. The number of benzene rings is 1. The van der Waals surface area contributed by atoms with E-state index in [4.69, 9.17) is 0 Å². The Balaban J connectivity index is 2.12. The molecular formula is C14H17F2N3. The first-order valence-electron chi connectivity index (χ1n) is 6.23. The van der Waals surface area contributed by atoms with Crippen LogP contribution in [0, 0.1) is 11.6 Å². The van der Waals surface area contributed by atoms with Gasteiger partial charge in [0, 0.05) is 31.0 Å². The van der Waals surface area contributed by atoms with E-state index in [1.807, 2.05) is 4.57 Å². The molecule has 0 unspecified atom stereocenters. The van der Waals surface area contributed by atoms with Gasteiger partial charge in [-0.2, -0.15) is 0 Å². The van der Waals surface area contributed by atoms with Gasteiger partial charge in [0.05, 0.1) is 6.54 Å². The summed E-state index contributed by atoms with van der Waals surface area (Å²) in [7, 11) is 0. The molecule has 0 radical (unpaired) electrons. The van der Waals surface area contributed by atoms with Gasteiger partial charge in [-0.1, -0.05) is 13.8 Å². The number of nitrogens with one attached hydrogen (secondary N) is 1. The molecule has 0 aliphatic heterocycles. The van der Waals surface area contributed by atoms with E-state index >= 15 is 0 Å². The zero-order valence-corrected chi connectivity index (χ0v) is 11.0. The summed E-state index contributed by atoms with van der Waals surface area (Å²) >= 11 is 0. The average Bonchev–Trinajstić information content (AvgIpc) is 2.72. The molecule has 0 amide bonds. The quantitative estimate of drug-likeness (QED) is 0.900. The second-order valence-electron chi connectivity index (χ2n) is 4.78. The predicted molar refractivity (Wildman–Crippen MR) is 69.7 cm³/mol. The second kappa shape index (κ2) is 5.93. The predicted octanol–water partition coefficient (Wildman–Crippen LogP) is 2.71. The van der Waals surface area contributed by atoms with Crippen molar-refractivity contribution in [3.05, 3.63) is 53.6 Å².